The quantitative estimate of drug-likeness (QED) is 0.141. The van der Waals surface area contributed by atoms with E-state index in [-0.39, 0.29) is 11.7 Å². The molecule has 0 aliphatic rings. The van der Waals surface area contributed by atoms with E-state index in [2.05, 4.69) is 28.6 Å². The van der Waals surface area contributed by atoms with Gasteiger partial charge in [-0.1, -0.05) is 13.8 Å². The van der Waals surface area contributed by atoms with Crippen molar-refractivity contribution in [3.8, 4) is 0 Å². The summed E-state index contributed by atoms with van der Waals surface area (Å²) in [6.07, 6.45) is -1.95. The maximum atomic E-state index is 12.5. The highest BCUT2D eigenvalue weighted by Gasteiger charge is 2.33. The zero-order chi connectivity index (χ0) is 23.6. The summed E-state index contributed by atoms with van der Waals surface area (Å²) in [6, 6.07) is -5.52. The molecule has 0 rings (SSSR count). The predicted molar refractivity (Wildman–Crippen MR) is 109 cm³/mol. The van der Waals surface area contributed by atoms with E-state index in [0.717, 1.165) is 0 Å². The number of carboxylic acids is 2. The Morgan fingerprint density at radius 2 is 1.43 bits per heavy atom. The first kappa shape index (κ1) is 27.6. The first-order chi connectivity index (χ1) is 13.8. The van der Waals surface area contributed by atoms with Crippen LogP contribution in [0.2, 0.25) is 0 Å². The molecule has 0 bridgehead atoms. The average Bonchev–Trinajstić information content (AvgIpc) is 2.61. The Morgan fingerprint density at radius 3 is 1.83 bits per heavy atom. The number of carbonyl (C=O) groups is 5. The lowest BCUT2D eigenvalue weighted by molar-refractivity contribution is -0.143. The Bertz CT molecular complexity index is 643. The normalized spacial score (nSPS) is 16.0. The molecule has 0 aliphatic heterocycles. The van der Waals surface area contributed by atoms with Crippen molar-refractivity contribution in [1.29, 1.82) is 0 Å². The Labute approximate surface area is 179 Å². The number of carboxylic acid groups (broad SMARTS) is 2. The van der Waals surface area contributed by atoms with Crippen LogP contribution in [0, 0.1) is 5.92 Å². The predicted octanol–water partition coefficient (Wildman–Crippen LogP) is -2.32. The Hall–Kier alpha value is -2.38. The Kier molecular flexibility index (Phi) is 12.0. The summed E-state index contributed by atoms with van der Waals surface area (Å²) in [5.41, 5.74) is 5.74. The van der Waals surface area contributed by atoms with E-state index in [1.807, 2.05) is 13.8 Å². The molecule has 0 heterocycles. The lowest BCUT2D eigenvalue weighted by Crippen LogP contribution is -2.60. The van der Waals surface area contributed by atoms with Crippen molar-refractivity contribution in [3.63, 3.8) is 0 Å². The monoisotopic (exact) mass is 450 g/mol. The molecule has 30 heavy (non-hydrogen) atoms. The largest absolute Gasteiger partial charge is 0.481 e. The van der Waals surface area contributed by atoms with Crippen LogP contribution in [0.25, 0.3) is 0 Å². The molecule has 13 heteroatoms. The van der Waals surface area contributed by atoms with E-state index < -0.39 is 66.4 Å². The van der Waals surface area contributed by atoms with Gasteiger partial charge in [0.05, 0.1) is 18.6 Å². The molecule has 3 amide bonds. The van der Waals surface area contributed by atoms with Gasteiger partial charge >= 0.3 is 11.9 Å². The topological polar surface area (TPSA) is 208 Å². The number of carbonyl (C=O) groups excluding carboxylic acids is 3. The fraction of sp³-hybridized carbons (Fsp3) is 0.706. The maximum Gasteiger partial charge on any atom is 0.327 e. The van der Waals surface area contributed by atoms with Crippen LogP contribution in [0.1, 0.15) is 33.6 Å². The third kappa shape index (κ3) is 9.89. The van der Waals surface area contributed by atoms with E-state index >= 15 is 0 Å². The minimum Gasteiger partial charge on any atom is -0.481 e. The van der Waals surface area contributed by atoms with Gasteiger partial charge < -0.3 is 37.0 Å². The van der Waals surface area contributed by atoms with Crippen LogP contribution in [0.3, 0.4) is 0 Å². The zero-order valence-electron chi connectivity index (χ0n) is 17.0. The molecule has 0 radical (unpaired) electrons. The van der Waals surface area contributed by atoms with Crippen LogP contribution in [-0.4, -0.2) is 81.0 Å². The highest BCUT2D eigenvalue weighted by Crippen LogP contribution is 2.05. The number of rotatable bonds is 13. The van der Waals surface area contributed by atoms with Crippen molar-refractivity contribution in [2.75, 3.05) is 5.75 Å². The molecule has 0 aliphatic carbocycles. The van der Waals surface area contributed by atoms with Gasteiger partial charge in [0.25, 0.3) is 0 Å². The maximum absolute atomic E-state index is 12.5. The molecular formula is C17H30N4O8S. The van der Waals surface area contributed by atoms with Gasteiger partial charge in [0.15, 0.2) is 0 Å². The number of thiol groups is 1. The van der Waals surface area contributed by atoms with Gasteiger partial charge in [-0.3, -0.25) is 19.2 Å². The molecule has 0 saturated heterocycles. The Morgan fingerprint density at radius 1 is 0.900 bits per heavy atom. The first-order valence-electron chi connectivity index (χ1n) is 9.20. The van der Waals surface area contributed by atoms with Crippen LogP contribution in [0.5, 0.6) is 0 Å². The van der Waals surface area contributed by atoms with Gasteiger partial charge in [-0.25, -0.2) is 4.79 Å². The number of aliphatic hydroxyl groups excluding tert-OH is 1. The number of nitrogens with two attached hydrogens (primary N) is 1. The molecule has 5 atom stereocenters. The second kappa shape index (κ2) is 13.0. The van der Waals surface area contributed by atoms with Gasteiger partial charge in [0.1, 0.15) is 18.1 Å². The summed E-state index contributed by atoms with van der Waals surface area (Å²) in [5, 5.41) is 34.3. The van der Waals surface area contributed by atoms with Crippen molar-refractivity contribution in [3.05, 3.63) is 0 Å². The smallest absolute Gasteiger partial charge is 0.327 e. The van der Waals surface area contributed by atoms with Gasteiger partial charge in [-0.15, -0.1) is 0 Å². The minimum absolute atomic E-state index is 0.0785. The molecule has 172 valence electrons. The molecule has 12 nitrogen and oxygen atoms in total. The molecule has 0 fully saturated rings. The molecule has 5 unspecified atom stereocenters. The summed E-state index contributed by atoms with van der Waals surface area (Å²) < 4.78 is 0. The van der Waals surface area contributed by atoms with Crippen LogP contribution < -0.4 is 21.7 Å². The lowest BCUT2D eigenvalue weighted by atomic mass is 10.0. The summed E-state index contributed by atoms with van der Waals surface area (Å²) in [4.78, 5) is 59.1. The van der Waals surface area contributed by atoms with Crippen LogP contribution >= 0.6 is 12.6 Å². The molecular weight excluding hydrogens is 420 g/mol. The molecule has 0 aromatic heterocycles. The van der Waals surface area contributed by atoms with Crippen molar-refractivity contribution in [2.24, 2.45) is 11.7 Å². The van der Waals surface area contributed by atoms with Crippen LogP contribution in [0.15, 0.2) is 0 Å². The average molecular weight is 451 g/mol. The van der Waals surface area contributed by atoms with E-state index in [9.17, 15) is 29.1 Å². The van der Waals surface area contributed by atoms with Gasteiger partial charge in [-0.05, 0) is 19.3 Å². The highest BCUT2D eigenvalue weighted by atomic mass is 32.1. The number of aliphatic hydroxyl groups is 1. The van der Waals surface area contributed by atoms with Crippen molar-refractivity contribution in [2.45, 2.75) is 63.9 Å². The SMILES string of the molecule is CC(C)CC(N)C(=O)NC(CC(=O)O)C(=O)NC(C(=O)NC(CS)C(=O)O)C(C)O. The number of nitrogens with one attached hydrogen (secondary N) is 3. The van der Waals surface area contributed by atoms with E-state index in [1.54, 1.807) is 0 Å². The Balaban J connectivity index is 5.36. The first-order valence-corrected chi connectivity index (χ1v) is 9.83. The molecule has 0 spiro atoms. The molecule has 8 N–H and O–H groups in total. The van der Waals surface area contributed by atoms with Gasteiger partial charge in [-0.2, -0.15) is 12.6 Å². The fourth-order valence-electron chi connectivity index (χ4n) is 2.38. The van der Waals surface area contributed by atoms with E-state index in [0.29, 0.717) is 6.42 Å². The van der Waals surface area contributed by atoms with Crippen LogP contribution in [-0.2, 0) is 24.0 Å². The highest BCUT2D eigenvalue weighted by molar-refractivity contribution is 7.80. The standard InChI is InChI=1S/C17H30N4O8S/c1-7(2)4-9(18)14(25)19-10(5-12(23)24)15(26)21-13(8(3)22)16(27)20-11(6-30)17(28)29/h7-11,13,22,30H,4-6,18H2,1-3H3,(H,19,25)(H,20,27)(H,21,26)(H,23,24)(H,28,29). The number of aliphatic carboxylic acids is 2. The third-order valence-corrected chi connectivity index (χ3v) is 4.30. The molecule has 0 saturated carbocycles. The summed E-state index contributed by atoms with van der Waals surface area (Å²) in [7, 11) is 0. The zero-order valence-corrected chi connectivity index (χ0v) is 17.9. The summed E-state index contributed by atoms with van der Waals surface area (Å²) in [6.45, 7) is 4.83. The number of hydrogen-bond acceptors (Lipinski definition) is 8. The van der Waals surface area contributed by atoms with E-state index in [1.165, 1.54) is 6.92 Å². The van der Waals surface area contributed by atoms with Gasteiger partial charge in [0, 0.05) is 5.75 Å². The number of hydrogen-bond donors (Lipinski definition) is 8. The fourth-order valence-corrected chi connectivity index (χ4v) is 2.63. The second-order valence-corrected chi connectivity index (χ2v) is 7.57. The number of amides is 3. The molecule has 0 aromatic carbocycles. The van der Waals surface area contributed by atoms with Gasteiger partial charge in [0.2, 0.25) is 17.7 Å². The van der Waals surface area contributed by atoms with E-state index in [4.69, 9.17) is 15.9 Å². The minimum atomic E-state index is -1.60. The lowest BCUT2D eigenvalue weighted by Gasteiger charge is -2.26. The van der Waals surface area contributed by atoms with Crippen molar-refractivity contribution in [1.82, 2.24) is 16.0 Å². The second-order valence-electron chi connectivity index (χ2n) is 7.20. The molecule has 0 aromatic rings. The third-order valence-electron chi connectivity index (χ3n) is 3.93. The summed E-state index contributed by atoms with van der Waals surface area (Å²) >= 11 is 3.80. The van der Waals surface area contributed by atoms with Crippen molar-refractivity contribution < 1.29 is 39.3 Å². The van der Waals surface area contributed by atoms with Crippen LogP contribution in [0.4, 0.5) is 0 Å². The van der Waals surface area contributed by atoms with Crippen molar-refractivity contribution >= 4 is 42.3 Å². The summed E-state index contributed by atoms with van der Waals surface area (Å²) in [5.74, 6) is -5.75.